The maximum absolute atomic E-state index is 5.74. The van der Waals surface area contributed by atoms with Gasteiger partial charge in [-0.15, -0.1) is 0 Å². The molecule has 4 heteroatoms. The molecule has 0 amide bonds. The molecule has 3 rings (SSSR count). The Balaban J connectivity index is 1.44. The molecule has 4 nitrogen and oxygen atoms in total. The molecule has 0 saturated carbocycles. The average molecular weight is 259 g/mol. The van der Waals surface area contributed by atoms with E-state index in [2.05, 4.69) is 10.3 Å². The Labute approximate surface area is 113 Å². The van der Waals surface area contributed by atoms with Crippen LogP contribution in [0.1, 0.15) is 31.4 Å². The van der Waals surface area contributed by atoms with Crippen molar-refractivity contribution >= 4 is 5.65 Å². The summed E-state index contributed by atoms with van der Waals surface area (Å²) in [4.78, 5) is 4.52. The topological polar surface area (TPSA) is 38.6 Å². The van der Waals surface area contributed by atoms with Crippen LogP contribution < -0.4 is 5.32 Å². The maximum Gasteiger partial charge on any atom is 0.137 e. The highest BCUT2D eigenvalue weighted by Crippen LogP contribution is 2.11. The van der Waals surface area contributed by atoms with Crippen molar-refractivity contribution in [1.29, 1.82) is 0 Å². The summed E-state index contributed by atoms with van der Waals surface area (Å²) < 4.78 is 7.77. The summed E-state index contributed by atoms with van der Waals surface area (Å²) in [6.07, 6.45) is 9.11. The van der Waals surface area contributed by atoms with Gasteiger partial charge in [0.2, 0.25) is 0 Å². The van der Waals surface area contributed by atoms with Crippen molar-refractivity contribution in [3.63, 3.8) is 0 Å². The fourth-order valence-corrected chi connectivity index (χ4v) is 2.63. The highest BCUT2D eigenvalue weighted by Gasteiger charge is 2.11. The predicted octanol–water partition coefficient (Wildman–Crippen LogP) is 2.38. The maximum atomic E-state index is 5.74. The lowest BCUT2D eigenvalue weighted by molar-refractivity contribution is 0.106. The molecule has 1 unspecified atom stereocenters. The second-order valence-corrected chi connectivity index (χ2v) is 5.19. The van der Waals surface area contributed by atoms with Crippen LogP contribution in [0.4, 0.5) is 0 Å². The van der Waals surface area contributed by atoms with Crippen molar-refractivity contribution in [3.05, 3.63) is 36.3 Å². The number of hydrogen-bond donors (Lipinski definition) is 1. The van der Waals surface area contributed by atoms with Gasteiger partial charge in [0.05, 0.1) is 12.3 Å². The third kappa shape index (κ3) is 3.33. The van der Waals surface area contributed by atoms with Gasteiger partial charge >= 0.3 is 0 Å². The molecule has 19 heavy (non-hydrogen) atoms. The number of fused-ring (bicyclic) bond motifs is 1. The average Bonchev–Trinajstić information content (AvgIpc) is 2.87. The van der Waals surface area contributed by atoms with Crippen LogP contribution in [0.15, 0.2) is 30.6 Å². The molecule has 1 saturated heterocycles. The SMILES string of the molecule is c1ccn2cc(COCCC3CCCCN3)nc2c1. The normalized spacial score (nSPS) is 19.9. The van der Waals surface area contributed by atoms with Crippen LogP contribution >= 0.6 is 0 Å². The van der Waals surface area contributed by atoms with Crippen LogP contribution in [0.3, 0.4) is 0 Å². The third-order valence-electron chi connectivity index (χ3n) is 3.69. The van der Waals surface area contributed by atoms with Crippen LogP contribution in [-0.4, -0.2) is 28.6 Å². The lowest BCUT2D eigenvalue weighted by Gasteiger charge is -2.23. The van der Waals surface area contributed by atoms with E-state index < -0.39 is 0 Å². The van der Waals surface area contributed by atoms with E-state index in [1.165, 1.54) is 19.3 Å². The molecule has 1 fully saturated rings. The number of nitrogens with one attached hydrogen (secondary N) is 1. The summed E-state index contributed by atoms with van der Waals surface area (Å²) in [6.45, 7) is 2.58. The van der Waals surface area contributed by atoms with Crippen molar-refractivity contribution in [2.24, 2.45) is 0 Å². The number of rotatable bonds is 5. The van der Waals surface area contributed by atoms with E-state index in [0.717, 1.165) is 30.9 Å². The zero-order valence-electron chi connectivity index (χ0n) is 11.2. The summed E-state index contributed by atoms with van der Waals surface area (Å²) in [5.74, 6) is 0. The van der Waals surface area contributed by atoms with Gasteiger partial charge in [-0.05, 0) is 37.9 Å². The molecule has 1 aliphatic rings. The van der Waals surface area contributed by atoms with Gasteiger partial charge in [-0.3, -0.25) is 0 Å². The first kappa shape index (κ1) is 12.6. The van der Waals surface area contributed by atoms with Gasteiger partial charge in [0.15, 0.2) is 0 Å². The Morgan fingerprint density at radius 3 is 3.21 bits per heavy atom. The smallest absolute Gasteiger partial charge is 0.137 e. The number of ether oxygens (including phenoxy) is 1. The van der Waals surface area contributed by atoms with E-state index in [1.54, 1.807) is 0 Å². The number of pyridine rings is 1. The molecular formula is C15H21N3O. The Morgan fingerprint density at radius 2 is 2.37 bits per heavy atom. The second kappa shape index (κ2) is 6.17. The first-order valence-electron chi connectivity index (χ1n) is 7.15. The summed E-state index contributed by atoms with van der Waals surface area (Å²) in [5.41, 5.74) is 1.98. The molecule has 2 aromatic heterocycles. The first-order chi connectivity index (χ1) is 9.42. The molecule has 0 bridgehead atoms. The molecule has 0 aromatic carbocycles. The van der Waals surface area contributed by atoms with Gasteiger partial charge in [0, 0.05) is 25.0 Å². The zero-order chi connectivity index (χ0) is 12.9. The molecular weight excluding hydrogens is 238 g/mol. The van der Waals surface area contributed by atoms with E-state index in [9.17, 15) is 0 Å². The predicted molar refractivity (Wildman–Crippen MR) is 75.1 cm³/mol. The number of aromatic nitrogens is 2. The minimum Gasteiger partial charge on any atom is -0.375 e. The monoisotopic (exact) mass is 259 g/mol. The molecule has 3 heterocycles. The van der Waals surface area contributed by atoms with Crippen LogP contribution in [0.5, 0.6) is 0 Å². The van der Waals surface area contributed by atoms with E-state index in [4.69, 9.17) is 4.74 Å². The van der Waals surface area contributed by atoms with Crippen molar-refractivity contribution in [1.82, 2.24) is 14.7 Å². The van der Waals surface area contributed by atoms with Crippen LogP contribution in [0.25, 0.3) is 5.65 Å². The quantitative estimate of drug-likeness (QED) is 0.838. The third-order valence-corrected chi connectivity index (χ3v) is 3.69. The van der Waals surface area contributed by atoms with E-state index in [-0.39, 0.29) is 0 Å². The van der Waals surface area contributed by atoms with Gasteiger partial charge in [0.1, 0.15) is 5.65 Å². The van der Waals surface area contributed by atoms with Gasteiger partial charge in [-0.25, -0.2) is 4.98 Å². The minimum atomic E-state index is 0.606. The Kier molecular flexibility index (Phi) is 4.10. The molecule has 102 valence electrons. The standard InChI is InChI=1S/C15H21N3O/c1-3-8-16-13(5-1)7-10-19-12-14-11-18-9-4-2-6-15(18)17-14/h2,4,6,9,11,13,16H,1,3,5,7-8,10,12H2. The van der Waals surface area contributed by atoms with E-state index in [0.29, 0.717) is 12.6 Å². The van der Waals surface area contributed by atoms with Crippen LogP contribution in [0, 0.1) is 0 Å². The second-order valence-electron chi connectivity index (χ2n) is 5.19. The number of imidazole rings is 1. The number of nitrogens with zero attached hydrogens (tertiary/aromatic N) is 2. The fraction of sp³-hybridized carbons (Fsp3) is 0.533. The van der Waals surface area contributed by atoms with Gasteiger partial charge < -0.3 is 14.5 Å². The summed E-state index contributed by atoms with van der Waals surface area (Å²) >= 11 is 0. The Hall–Kier alpha value is -1.39. The number of hydrogen-bond acceptors (Lipinski definition) is 3. The molecule has 0 spiro atoms. The van der Waals surface area contributed by atoms with Crippen molar-refractivity contribution < 1.29 is 4.74 Å². The molecule has 0 aliphatic carbocycles. The first-order valence-corrected chi connectivity index (χ1v) is 7.15. The van der Waals surface area contributed by atoms with Crippen LogP contribution in [0.2, 0.25) is 0 Å². The lowest BCUT2D eigenvalue weighted by atomic mass is 10.0. The molecule has 1 aliphatic heterocycles. The van der Waals surface area contributed by atoms with E-state index in [1.807, 2.05) is 35.0 Å². The molecule has 1 atom stereocenters. The fourth-order valence-electron chi connectivity index (χ4n) is 2.63. The highest BCUT2D eigenvalue weighted by atomic mass is 16.5. The van der Waals surface area contributed by atoms with Gasteiger partial charge in [-0.1, -0.05) is 12.5 Å². The molecule has 1 N–H and O–H groups in total. The molecule has 2 aromatic rings. The van der Waals surface area contributed by atoms with E-state index >= 15 is 0 Å². The summed E-state index contributed by atoms with van der Waals surface area (Å²) in [5, 5.41) is 3.54. The number of piperidine rings is 1. The largest absolute Gasteiger partial charge is 0.375 e. The van der Waals surface area contributed by atoms with Gasteiger partial charge in [0.25, 0.3) is 0 Å². The lowest BCUT2D eigenvalue weighted by Crippen LogP contribution is -2.34. The summed E-state index contributed by atoms with van der Waals surface area (Å²) in [6, 6.07) is 6.67. The van der Waals surface area contributed by atoms with Crippen LogP contribution in [-0.2, 0) is 11.3 Å². The Bertz CT molecular complexity index is 484. The highest BCUT2D eigenvalue weighted by molar-refractivity contribution is 5.39. The van der Waals surface area contributed by atoms with Crippen molar-refractivity contribution in [2.75, 3.05) is 13.2 Å². The zero-order valence-corrected chi connectivity index (χ0v) is 11.2. The van der Waals surface area contributed by atoms with Crippen molar-refractivity contribution in [2.45, 2.75) is 38.3 Å². The van der Waals surface area contributed by atoms with Gasteiger partial charge in [-0.2, -0.15) is 0 Å². The summed E-state index contributed by atoms with van der Waals surface area (Å²) in [7, 11) is 0. The Morgan fingerprint density at radius 1 is 1.37 bits per heavy atom. The van der Waals surface area contributed by atoms with Crippen molar-refractivity contribution in [3.8, 4) is 0 Å². The molecule has 0 radical (unpaired) electrons. The minimum absolute atomic E-state index is 0.606.